The lowest BCUT2D eigenvalue weighted by Crippen LogP contribution is -2.24. The second kappa shape index (κ2) is 5.87. The van der Waals surface area contributed by atoms with Crippen molar-refractivity contribution >= 4 is 11.6 Å². The first kappa shape index (κ1) is 13.5. The highest BCUT2D eigenvalue weighted by atomic mass is 16.5. The molecule has 3 rings (SSSR count). The first-order chi connectivity index (χ1) is 10.2. The molecule has 0 unspecified atom stereocenters. The summed E-state index contributed by atoms with van der Waals surface area (Å²) in [6.07, 6.45) is 1.15. The minimum Gasteiger partial charge on any atom is -0.455 e. The van der Waals surface area contributed by atoms with Gasteiger partial charge < -0.3 is 15.4 Å². The zero-order valence-electron chi connectivity index (χ0n) is 11.8. The molecule has 1 heterocycles. The van der Waals surface area contributed by atoms with Crippen LogP contribution in [0.25, 0.3) is 0 Å². The summed E-state index contributed by atoms with van der Waals surface area (Å²) in [4.78, 5) is 13.2. The van der Waals surface area contributed by atoms with E-state index < -0.39 is 0 Å². The molecule has 108 valence electrons. The molecule has 0 aliphatic carbocycles. The molecule has 0 saturated heterocycles. The van der Waals surface area contributed by atoms with E-state index in [1.807, 2.05) is 42.5 Å². The van der Waals surface area contributed by atoms with Gasteiger partial charge in [-0.25, -0.2) is 0 Å². The van der Waals surface area contributed by atoms with Crippen LogP contribution in [0.15, 0.2) is 48.5 Å². The van der Waals surface area contributed by atoms with Crippen molar-refractivity contribution in [3.05, 3.63) is 54.1 Å². The summed E-state index contributed by atoms with van der Waals surface area (Å²) in [7, 11) is 0. The monoisotopic (exact) mass is 282 g/mol. The van der Waals surface area contributed by atoms with Gasteiger partial charge in [0.15, 0.2) is 5.75 Å². The predicted octanol–water partition coefficient (Wildman–Crippen LogP) is 3.06. The summed E-state index contributed by atoms with van der Waals surface area (Å²) in [5, 5.41) is 0. The molecule has 1 aliphatic heterocycles. The Kier molecular flexibility index (Phi) is 3.77. The van der Waals surface area contributed by atoms with Gasteiger partial charge in [-0.15, -0.1) is 0 Å². The van der Waals surface area contributed by atoms with Gasteiger partial charge in [-0.05, 0) is 24.6 Å². The fraction of sp³-hybridized carbons (Fsp3) is 0.235. The van der Waals surface area contributed by atoms with Gasteiger partial charge in [0.2, 0.25) is 5.91 Å². The SMILES string of the molecule is NC(=O)CCCN1Cc2ccccc2Oc2ccccc21. The minimum atomic E-state index is -0.255. The van der Waals surface area contributed by atoms with E-state index in [9.17, 15) is 4.79 Å². The number of rotatable bonds is 4. The smallest absolute Gasteiger partial charge is 0.217 e. The van der Waals surface area contributed by atoms with Crippen molar-refractivity contribution in [1.82, 2.24) is 0 Å². The van der Waals surface area contributed by atoms with Crippen molar-refractivity contribution in [3.63, 3.8) is 0 Å². The van der Waals surface area contributed by atoms with Crippen molar-refractivity contribution in [2.75, 3.05) is 11.4 Å². The number of para-hydroxylation sites is 3. The average molecular weight is 282 g/mol. The summed E-state index contributed by atoms with van der Waals surface area (Å²) < 4.78 is 6.03. The number of anilines is 1. The van der Waals surface area contributed by atoms with Crippen molar-refractivity contribution in [2.24, 2.45) is 5.73 Å². The molecule has 0 fully saturated rings. The van der Waals surface area contributed by atoms with E-state index >= 15 is 0 Å². The lowest BCUT2D eigenvalue weighted by Gasteiger charge is -2.23. The highest BCUT2D eigenvalue weighted by molar-refractivity contribution is 5.73. The Morgan fingerprint density at radius 1 is 1.10 bits per heavy atom. The number of fused-ring (bicyclic) bond motifs is 2. The number of carbonyl (C=O) groups is 1. The highest BCUT2D eigenvalue weighted by Crippen LogP contribution is 2.38. The van der Waals surface area contributed by atoms with Crippen LogP contribution in [0.1, 0.15) is 18.4 Å². The Bertz CT molecular complexity index is 655. The number of benzene rings is 2. The number of nitrogens with two attached hydrogens (primary N) is 1. The lowest BCUT2D eigenvalue weighted by atomic mass is 10.1. The van der Waals surface area contributed by atoms with Crippen LogP contribution in [0.4, 0.5) is 5.69 Å². The molecule has 2 aromatic carbocycles. The van der Waals surface area contributed by atoms with Crippen LogP contribution in [0.2, 0.25) is 0 Å². The van der Waals surface area contributed by atoms with Crippen LogP contribution in [0, 0.1) is 0 Å². The third-order valence-electron chi connectivity index (χ3n) is 3.61. The topological polar surface area (TPSA) is 55.6 Å². The van der Waals surface area contributed by atoms with E-state index in [-0.39, 0.29) is 5.91 Å². The number of amides is 1. The van der Waals surface area contributed by atoms with E-state index in [0.717, 1.165) is 42.3 Å². The van der Waals surface area contributed by atoms with Gasteiger partial charge >= 0.3 is 0 Å². The standard InChI is InChI=1S/C17H18N2O2/c18-17(20)10-5-11-19-12-13-6-1-3-8-15(13)21-16-9-4-2-7-14(16)19/h1-4,6-9H,5,10-12H2,(H2,18,20). The summed E-state index contributed by atoms with van der Waals surface area (Å²) in [5.74, 6) is 1.48. The summed E-state index contributed by atoms with van der Waals surface area (Å²) in [6.45, 7) is 1.55. The molecule has 1 amide bonds. The van der Waals surface area contributed by atoms with E-state index in [0.29, 0.717) is 6.42 Å². The molecule has 0 radical (unpaired) electrons. The summed E-state index contributed by atoms with van der Waals surface area (Å²) >= 11 is 0. The Balaban J connectivity index is 1.89. The van der Waals surface area contributed by atoms with Gasteiger partial charge in [-0.2, -0.15) is 0 Å². The summed E-state index contributed by atoms with van der Waals surface area (Å²) in [6, 6.07) is 16.0. The molecule has 1 aliphatic rings. The number of carbonyl (C=O) groups excluding carboxylic acids is 1. The third-order valence-corrected chi connectivity index (χ3v) is 3.61. The van der Waals surface area contributed by atoms with E-state index in [2.05, 4.69) is 11.0 Å². The van der Waals surface area contributed by atoms with Crippen LogP contribution in [0.3, 0.4) is 0 Å². The maximum absolute atomic E-state index is 10.9. The van der Waals surface area contributed by atoms with Gasteiger partial charge in [0.1, 0.15) is 5.75 Å². The number of hydrogen-bond acceptors (Lipinski definition) is 3. The fourth-order valence-electron chi connectivity index (χ4n) is 2.59. The molecule has 4 heteroatoms. The Labute approximate surface area is 124 Å². The van der Waals surface area contributed by atoms with Crippen LogP contribution in [-0.4, -0.2) is 12.5 Å². The molecule has 2 N–H and O–H groups in total. The molecule has 2 aromatic rings. The van der Waals surface area contributed by atoms with E-state index in [1.165, 1.54) is 0 Å². The van der Waals surface area contributed by atoms with E-state index in [4.69, 9.17) is 10.5 Å². The normalized spacial score (nSPS) is 12.9. The summed E-state index contributed by atoms with van der Waals surface area (Å²) in [5.41, 5.74) is 7.43. The number of ether oxygens (including phenoxy) is 1. The third kappa shape index (κ3) is 2.99. The molecule has 0 saturated carbocycles. The molecule has 0 aromatic heterocycles. The lowest BCUT2D eigenvalue weighted by molar-refractivity contribution is -0.118. The maximum Gasteiger partial charge on any atom is 0.217 e. The molecular formula is C17H18N2O2. The maximum atomic E-state index is 10.9. The van der Waals surface area contributed by atoms with Crippen LogP contribution >= 0.6 is 0 Å². The van der Waals surface area contributed by atoms with Gasteiger partial charge in [-0.3, -0.25) is 4.79 Å². The molecule has 4 nitrogen and oxygen atoms in total. The minimum absolute atomic E-state index is 0.255. The van der Waals surface area contributed by atoms with Crippen LogP contribution < -0.4 is 15.4 Å². The Hall–Kier alpha value is -2.49. The molecule has 0 bridgehead atoms. The largest absolute Gasteiger partial charge is 0.455 e. The number of nitrogens with zero attached hydrogens (tertiary/aromatic N) is 1. The van der Waals surface area contributed by atoms with Gasteiger partial charge in [0, 0.05) is 25.1 Å². The van der Waals surface area contributed by atoms with Crippen molar-refractivity contribution < 1.29 is 9.53 Å². The first-order valence-electron chi connectivity index (χ1n) is 7.12. The molecule has 21 heavy (non-hydrogen) atoms. The number of hydrogen-bond donors (Lipinski definition) is 1. The zero-order chi connectivity index (χ0) is 14.7. The first-order valence-corrected chi connectivity index (χ1v) is 7.12. The van der Waals surface area contributed by atoms with Crippen LogP contribution in [0.5, 0.6) is 11.5 Å². The van der Waals surface area contributed by atoms with Gasteiger partial charge in [0.05, 0.1) is 5.69 Å². The average Bonchev–Trinajstić information content (AvgIpc) is 2.63. The highest BCUT2D eigenvalue weighted by Gasteiger charge is 2.19. The fourth-order valence-corrected chi connectivity index (χ4v) is 2.59. The van der Waals surface area contributed by atoms with E-state index in [1.54, 1.807) is 0 Å². The zero-order valence-corrected chi connectivity index (χ0v) is 11.8. The molecule has 0 atom stereocenters. The van der Waals surface area contributed by atoms with Gasteiger partial charge in [0.25, 0.3) is 0 Å². The second-order valence-electron chi connectivity index (χ2n) is 5.17. The quantitative estimate of drug-likeness (QED) is 0.937. The predicted molar refractivity (Wildman–Crippen MR) is 82.4 cm³/mol. The van der Waals surface area contributed by atoms with Crippen molar-refractivity contribution in [1.29, 1.82) is 0 Å². The van der Waals surface area contributed by atoms with Crippen LogP contribution in [-0.2, 0) is 11.3 Å². The Morgan fingerprint density at radius 2 is 1.81 bits per heavy atom. The second-order valence-corrected chi connectivity index (χ2v) is 5.17. The Morgan fingerprint density at radius 3 is 2.62 bits per heavy atom. The van der Waals surface area contributed by atoms with Crippen molar-refractivity contribution in [2.45, 2.75) is 19.4 Å². The number of primary amides is 1. The molecule has 0 spiro atoms. The van der Waals surface area contributed by atoms with Crippen molar-refractivity contribution in [3.8, 4) is 11.5 Å². The van der Waals surface area contributed by atoms with Gasteiger partial charge in [-0.1, -0.05) is 30.3 Å². The molecular weight excluding hydrogens is 264 g/mol.